The van der Waals surface area contributed by atoms with E-state index >= 15 is 0 Å². The molecule has 0 spiro atoms. The second-order valence-electron chi connectivity index (χ2n) is 5.20. The molecule has 1 aromatic rings. The van der Waals surface area contributed by atoms with Crippen molar-refractivity contribution in [3.63, 3.8) is 0 Å². The molecular formula is C15H26N2O. The second kappa shape index (κ2) is 6.39. The predicted octanol–water partition coefficient (Wildman–Crippen LogP) is 2.59. The Hall–Kier alpha value is -0.800. The van der Waals surface area contributed by atoms with E-state index in [0.29, 0.717) is 0 Å². The van der Waals surface area contributed by atoms with E-state index in [2.05, 4.69) is 35.6 Å². The van der Waals surface area contributed by atoms with Crippen LogP contribution in [0.3, 0.4) is 0 Å². The second-order valence-corrected chi connectivity index (χ2v) is 5.20. The predicted molar refractivity (Wildman–Crippen MR) is 74.7 cm³/mol. The minimum atomic E-state index is -0.224. The normalized spacial score (nSPS) is 19.2. The Morgan fingerprint density at radius 3 is 2.89 bits per heavy atom. The van der Waals surface area contributed by atoms with Crippen LogP contribution in [0.25, 0.3) is 0 Å². The highest BCUT2D eigenvalue weighted by Gasteiger charge is 2.20. The number of aryl methyl sites for hydroxylation is 1. The molecule has 0 aromatic carbocycles. The third kappa shape index (κ3) is 2.96. The summed E-state index contributed by atoms with van der Waals surface area (Å²) in [6.07, 6.45) is 6.30. The molecule has 0 saturated carbocycles. The number of rotatable bonds is 6. The maximum Gasteiger partial charge on any atom is 0.0807 e. The van der Waals surface area contributed by atoms with Crippen molar-refractivity contribution in [3.05, 3.63) is 23.5 Å². The van der Waals surface area contributed by atoms with Crippen molar-refractivity contribution >= 4 is 0 Å². The topological polar surface area (TPSA) is 28.4 Å². The Balaban J connectivity index is 1.90. The molecule has 1 heterocycles. The van der Waals surface area contributed by atoms with E-state index in [1.165, 1.54) is 24.2 Å². The summed E-state index contributed by atoms with van der Waals surface area (Å²) in [7, 11) is 0. The van der Waals surface area contributed by atoms with Gasteiger partial charge in [-0.25, -0.2) is 0 Å². The number of hydrogen-bond donors (Lipinski definition) is 1. The van der Waals surface area contributed by atoms with Crippen LogP contribution in [0.2, 0.25) is 0 Å². The monoisotopic (exact) mass is 250 g/mol. The van der Waals surface area contributed by atoms with Crippen LogP contribution < -0.4 is 0 Å². The van der Waals surface area contributed by atoms with Crippen LogP contribution in [0, 0.1) is 0 Å². The zero-order valence-electron chi connectivity index (χ0n) is 11.7. The summed E-state index contributed by atoms with van der Waals surface area (Å²) in [4.78, 5) is 2.46. The molecule has 0 saturated heterocycles. The zero-order valence-corrected chi connectivity index (χ0v) is 11.7. The van der Waals surface area contributed by atoms with Crippen LogP contribution >= 0.6 is 0 Å². The van der Waals surface area contributed by atoms with Crippen molar-refractivity contribution in [2.24, 2.45) is 0 Å². The lowest BCUT2D eigenvalue weighted by molar-refractivity contribution is 0.155. The minimum Gasteiger partial charge on any atom is -0.388 e. The van der Waals surface area contributed by atoms with Crippen molar-refractivity contribution in [2.45, 2.75) is 52.2 Å². The fourth-order valence-electron chi connectivity index (χ4n) is 2.95. The van der Waals surface area contributed by atoms with Gasteiger partial charge < -0.3 is 14.6 Å². The van der Waals surface area contributed by atoms with E-state index in [9.17, 15) is 5.11 Å². The van der Waals surface area contributed by atoms with Gasteiger partial charge in [0.05, 0.1) is 6.10 Å². The third-order valence-corrected chi connectivity index (χ3v) is 4.13. The van der Waals surface area contributed by atoms with Gasteiger partial charge in [-0.1, -0.05) is 13.8 Å². The highest BCUT2D eigenvalue weighted by Crippen LogP contribution is 2.30. The molecule has 0 bridgehead atoms. The van der Waals surface area contributed by atoms with E-state index < -0.39 is 0 Å². The Morgan fingerprint density at radius 2 is 2.17 bits per heavy atom. The minimum absolute atomic E-state index is 0.224. The van der Waals surface area contributed by atoms with Gasteiger partial charge in [0, 0.05) is 24.0 Å². The van der Waals surface area contributed by atoms with Crippen LogP contribution in [-0.4, -0.2) is 34.2 Å². The molecule has 1 N–H and O–H groups in total. The van der Waals surface area contributed by atoms with Gasteiger partial charge in [-0.05, 0) is 51.4 Å². The van der Waals surface area contributed by atoms with Crippen molar-refractivity contribution in [1.82, 2.24) is 9.47 Å². The lowest BCUT2D eigenvalue weighted by atomic mass is 9.95. The molecule has 1 atom stereocenters. The summed E-state index contributed by atoms with van der Waals surface area (Å²) >= 11 is 0. The zero-order chi connectivity index (χ0) is 13.0. The highest BCUT2D eigenvalue weighted by molar-refractivity contribution is 5.27. The van der Waals surface area contributed by atoms with Gasteiger partial charge in [0.15, 0.2) is 0 Å². The van der Waals surface area contributed by atoms with Gasteiger partial charge in [0.25, 0.3) is 0 Å². The summed E-state index contributed by atoms with van der Waals surface area (Å²) in [5.74, 6) is 0. The summed E-state index contributed by atoms with van der Waals surface area (Å²) < 4.78 is 2.35. The van der Waals surface area contributed by atoms with Crippen LogP contribution in [0.5, 0.6) is 0 Å². The van der Waals surface area contributed by atoms with Crippen LogP contribution in [-0.2, 0) is 13.0 Å². The van der Waals surface area contributed by atoms with Gasteiger partial charge in [-0.15, -0.1) is 0 Å². The van der Waals surface area contributed by atoms with E-state index in [1.54, 1.807) is 0 Å². The first kappa shape index (κ1) is 13.6. The average molecular weight is 250 g/mol. The summed E-state index contributed by atoms with van der Waals surface area (Å²) in [5, 5.41) is 9.94. The van der Waals surface area contributed by atoms with Crippen molar-refractivity contribution in [2.75, 3.05) is 19.6 Å². The van der Waals surface area contributed by atoms with E-state index in [0.717, 1.165) is 38.9 Å². The average Bonchev–Trinajstić information content (AvgIpc) is 2.80. The molecule has 0 radical (unpaired) electrons. The molecule has 3 nitrogen and oxygen atoms in total. The van der Waals surface area contributed by atoms with Crippen molar-refractivity contribution < 1.29 is 5.11 Å². The molecule has 1 aliphatic rings. The van der Waals surface area contributed by atoms with Crippen molar-refractivity contribution in [3.8, 4) is 0 Å². The lowest BCUT2D eigenvalue weighted by Gasteiger charge is -2.21. The Labute approximate surface area is 110 Å². The number of aliphatic hydroxyl groups excluding tert-OH is 1. The molecule has 1 aromatic heterocycles. The molecule has 3 heteroatoms. The van der Waals surface area contributed by atoms with Crippen LogP contribution in [0.4, 0.5) is 0 Å². The molecular weight excluding hydrogens is 224 g/mol. The van der Waals surface area contributed by atoms with Gasteiger partial charge >= 0.3 is 0 Å². The molecule has 0 amide bonds. The molecule has 1 unspecified atom stereocenters. The Kier molecular flexibility index (Phi) is 4.84. The maximum atomic E-state index is 9.94. The summed E-state index contributed by atoms with van der Waals surface area (Å²) in [6, 6.07) is 2.11. The molecule has 102 valence electrons. The fraction of sp³-hybridized carbons (Fsp3) is 0.733. The first-order valence-corrected chi connectivity index (χ1v) is 7.34. The summed E-state index contributed by atoms with van der Waals surface area (Å²) in [6.45, 7) is 8.97. The molecule has 0 fully saturated rings. The molecule has 18 heavy (non-hydrogen) atoms. The van der Waals surface area contributed by atoms with E-state index in [1.807, 2.05) is 0 Å². The third-order valence-electron chi connectivity index (χ3n) is 4.13. The Bertz CT molecular complexity index is 369. The van der Waals surface area contributed by atoms with Gasteiger partial charge in [0.2, 0.25) is 0 Å². The lowest BCUT2D eigenvalue weighted by Crippen LogP contribution is -2.25. The first-order valence-electron chi connectivity index (χ1n) is 7.34. The molecule has 1 aliphatic carbocycles. The highest BCUT2D eigenvalue weighted by atomic mass is 16.3. The molecule has 2 rings (SSSR count). The van der Waals surface area contributed by atoms with Crippen LogP contribution in [0.1, 0.15) is 50.5 Å². The van der Waals surface area contributed by atoms with Gasteiger partial charge in [-0.3, -0.25) is 0 Å². The SMILES string of the molecule is CCN(CC)CCCn1ccc2c1CCCC2O. The Morgan fingerprint density at radius 1 is 1.39 bits per heavy atom. The van der Waals surface area contributed by atoms with Gasteiger partial charge in [-0.2, -0.15) is 0 Å². The van der Waals surface area contributed by atoms with E-state index in [-0.39, 0.29) is 6.10 Å². The number of fused-ring (bicyclic) bond motifs is 1. The van der Waals surface area contributed by atoms with Crippen molar-refractivity contribution in [1.29, 1.82) is 0 Å². The molecule has 0 aliphatic heterocycles. The number of hydrogen-bond acceptors (Lipinski definition) is 2. The smallest absolute Gasteiger partial charge is 0.0807 e. The van der Waals surface area contributed by atoms with E-state index in [4.69, 9.17) is 0 Å². The number of nitrogens with zero attached hydrogens (tertiary/aromatic N) is 2. The maximum absolute atomic E-state index is 9.94. The number of aliphatic hydroxyl groups is 1. The fourth-order valence-corrected chi connectivity index (χ4v) is 2.95. The standard InChI is InChI=1S/C15H26N2O/c1-3-16(4-2)10-6-11-17-12-9-13-14(17)7-5-8-15(13)18/h9,12,15,18H,3-8,10-11H2,1-2H3. The summed E-state index contributed by atoms with van der Waals surface area (Å²) in [5.41, 5.74) is 2.54. The number of aromatic nitrogens is 1. The largest absolute Gasteiger partial charge is 0.388 e. The van der Waals surface area contributed by atoms with Crippen LogP contribution in [0.15, 0.2) is 12.3 Å². The first-order chi connectivity index (χ1) is 8.76. The van der Waals surface area contributed by atoms with Gasteiger partial charge in [0.1, 0.15) is 0 Å². The quantitative estimate of drug-likeness (QED) is 0.840.